The summed E-state index contributed by atoms with van der Waals surface area (Å²) in [7, 11) is 0. The smallest absolute Gasteiger partial charge is 0.222 e. The van der Waals surface area contributed by atoms with Crippen molar-refractivity contribution in [2.24, 2.45) is 5.41 Å². The minimum Gasteiger partial charge on any atom is -0.336 e. The molecule has 1 aromatic carbocycles. The van der Waals surface area contributed by atoms with Crippen LogP contribution in [0.5, 0.6) is 0 Å². The normalized spacial score (nSPS) is 22.6. The first-order valence-electron chi connectivity index (χ1n) is 10.3. The quantitative estimate of drug-likeness (QED) is 0.804. The first-order valence-corrected chi connectivity index (χ1v) is 10.3. The molecule has 0 aliphatic carbocycles. The molecular weight excluding hydrogens is 362 g/mol. The Bertz CT molecular complexity index is 920. The zero-order chi connectivity index (χ0) is 20.3. The molecule has 1 amide bonds. The Balaban J connectivity index is 1.46. The Labute approximate surface area is 172 Å². The molecule has 2 aromatic rings. The van der Waals surface area contributed by atoms with E-state index in [2.05, 4.69) is 20.9 Å². The van der Waals surface area contributed by atoms with Gasteiger partial charge in [-0.1, -0.05) is 18.2 Å². The number of likely N-dealkylation sites (tertiary alicyclic amines) is 2. The van der Waals surface area contributed by atoms with Crippen LogP contribution in [0.25, 0.3) is 0 Å². The van der Waals surface area contributed by atoms with Crippen molar-refractivity contribution >= 4 is 5.91 Å². The van der Waals surface area contributed by atoms with Crippen LogP contribution < -0.4 is 0 Å². The van der Waals surface area contributed by atoms with E-state index in [-0.39, 0.29) is 11.3 Å². The molecule has 1 atom stereocenters. The zero-order valence-electron chi connectivity index (χ0n) is 17.0. The monoisotopic (exact) mass is 389 g/mol. The van der Waals surface area contributed by atoms with E-state index >= 15 is 0 Å². The molecule has 1 spiro atoms. The standard InChI is InChI=1S/C23H27N5O/c1-18-12-26-21(13-25-18)15-28-17-23(9-7-22(28)29)8-4-10-27(16-23)14-20-6-3-2-5-19(20)11-24/h2-3,5-6,12-13H,4,7-10,14-17H2,1H3/t23-/m1/s1. The Kier molecular flexibility index (Phi) is 5.59. The number of amides is 1. The topological polar surface area (TPSA) is 73.1 Å². The number of aryl methyl sites for hydroxylation is 1. The molecule has 3 heterocycles. The molecular formula is C23H27N5O. The summed E-state index contributed by atoms with van der Waals surface area (Å²) in [6.45, 7) is 6.03. The molecule has 2 saturated heterocycles. The molecule has 6 nitrogen and oxygen atoms in total. The van der Waals surface area contributed by atoms with E-state index in [1.165, 1.54) is 0 Å². The fourth-order valence-corrected chi connectivity index (χ4v) is 4.73. The molecule has 1 aromatic heterocycles. The second-order valence-corrected chi connectivity index (χ2v) is 8.48. The number of aromatic nitrogens is 2. The Morgan fingerprint density at radius 2 is 2.00 bits per heavy atom. The second-order valence-electron chi connectivity index (χ2n) is 8.48. The van der Waals surface area contributed by atoms with Gasteiger partial charge in [0.25, 0.3) is 0 Å². The highest BCUT2D eigenvalue weighted by molar-refractivity contribution is 5.77. The Morgan fingerprint density at radius 3 is 2.79 bits per heavy atom. The fourth-order valence-electron chi connectivity index (χ4n) is 4.73. The highest BCUT2D eigenvalue weighted by Crippen LogP contribution is 2.39. The average Bonchev–Trinajstić information content (AvgIpc) is 2.73. The van der Waals surface area contributed by atoms with Crippen molar-refractivity contribution in [3.63, 3.8) is 0 Å². The number of hydrogen-bond acceptors (Lipinski definition) is 5. The van der Waals surface area contributed by atoms with Crippen LogP contribution >= 0.6 is 0 Å². The van der Waals surface area contributed by atoms with Crippen molar-refractivity contribution in [3.05, 3.63) is 59.2 Å². The van der Waals surface area contributed by atoms with Crippen molar-refractivity contribution in [3.8, 4) is 6.07 Å². The van der Waals surface area contributed by atoms with Gasteiger partial charge in [-0.05, 0) is 44.4 Å². The first-order chi connectivity index (χ1) is 14.1. The van der Waals surface area contributed by atoms with Crippen molar-refractivity contribution in [1.29, 1.82) is 5.26 Å². The SMILES string of the molecule is Cc1cnc(CN2C[C@]3(CCCN(Cc4ccccc4C#N)C3)CCC2=O)cn1. The zero-order valence-corrected chi connectivity index (χ0v) is 17.0. The minimum atomic E-state index is 0.131. The van der Waals surface area contributed by atoms with Crippen LogP contribution in [0.1, 0.15) is 48.2 Å². The molecule has 29 heavy (non-hydrogen) atoms. The van der Waals surface area contributed by atoms with E-state index in [9.17, 15) is 10.1 Å². The van der Waals surface area contributed by atoms with Gasteiger partial charge in [0.05, 0.1) is 35.8 Å². The maximum absolute atomic E-state index is 12.6. The van der Waals surface area contributed by atoms with E-state index in [0.29, 0.717) is 13.0 Å². The van der Waals surface area contributed by atoms with E-state index in [1.54, 1.807) is 12.4 Å². The number of carbonyl (C=O) groups is 1. The van der Waals surface area contributed by atoms with Crippen molar-refractivity contribution in [2.75, 3.05) is 19.6 Å². The summed E-state index contributed by atoms with van der Waals surface area (Å²) in [5.74, 6) is 0.213. The molecule has 0 radical (unpaired) electrons. The lowest BCUT2D eigenvalue weighted by Crippen LogP contribution is -2.53. The fraction of sp³-hybridized carbons (Fsp3) is 0.478. The predicted octanol–water partition coefficient (Wildman–Crippen LogP) is 3.06. The van der Waals surface area contributed by atoms with E-state index < -0.39 is 0 Å². The summed E-state index contributed by atoms with van der Waals surface area (Å²) in [6, 6.07) is 10.2. The van der Waals surface area contributed by atoms with Gasteiger partial charge in [0, 0.05) is 37.7 Å². The van der Waals surface area contributed by atoms with Gasteiger partial charge in [0.2, 0.25) is 5.91 Å². The van der Waals surface area contributed by atoms with E-state index in [1.807, 2.05) is 36.1 Å². The van der Waals surface area contributed by atoms with Gasteiger partial charge in [-0.2, -0.15) is 5.26 Å². The molecule has 0 bridgehead atoms. The maximum Gasteiger partial charge on any atom is 0.222 e. The molecule has 2 fully saturated rings. The summed E-state index contributed by atoms with van der Waals surface area (Å²) in [6.07, 6.45) is 7.35. The summed E-state index contributed by atoms with van der Waals surface area (Å²) in [5.41, 5.74) is 3.70. The van der Waals surface area contributed by atoms with Crippen LogP contribution in [0.3, 0.4) is 0 Å². The molecule has 150 valence electrons. The van der Waals surface area contributed by atoms with Crippen molar-refractivity contribution in [1.82, 2.24) is 19.8 Å². The lowest BCUT2D eigenvalue weighted by Gasteiger charge is -2.48. The molecule has 4 rings (SSSR count). The van der Waals surface area contributed by atoms with Crippen LogP contribution in [-0.2, 0) is 17.9 Å². The van der Waals surface area contributed by atoms with Crippen molar-refractivity contribution in [2.45, 2.75) is 45.7 Å². The number of nitriles is 1. The van der Waals surface area contributed by atoms with Gasteiger partial charge in [0.15, 0.2) is 0 Å². The van der Waals surface area contributed by atoms with Crippen LogP contribution in [-0.4, -0.2) is 45.3 Å². The Hall–Kier alpha value is -2.78. The van der Waals surface area contributed by atoms with Gasteiger partial charge in [-0.25, -0.2) is 0 Å². The lowest BCUT2D eigenvalue weighted by atomic mass is 9.73. The van der Waals surface area contributed by atoms with Crippen molar-refractivity contribution < 1.29 is 4.79 Å². The van der Waals surface area contributed by atoms with Gasteiger partial charge in [-0.15, -0.1) is 0 Å². The van der Waals surface area contributed by atoms with Gasteiger partial charge in [0.1, 0.15) is 0 Å². The predicted molar refractivity (Wildman–Crippen MR) is 110 cm³/mol. The van der Waals surface area contributed by atoms with E-state index in [0.717, 1.165) is 68.0 Å². The molecule has 2 aliphatic rings. The number of piperidine rings is 2. The number of rotatable bonds is 4. The van der Waals surface area contributed by atoms with Gasteiger partial charge in [-0.3, -0.25) is 19.7 Å². The lowest BCUT2D eigenvalue weighted by molar-refractivity contribution is -0.140. The van der Waals surface area contributed by atoms with Crippen LogP contribution in [0.15, 0.2) is 36.7 Å². The van der Waals surface area contributed by atoms with Crippen LogP contribution in [0.4, 0.5) is 0 Å². The van der Waals surface area contributed by atoms with Gasteiger partial charge >= 0.3 is 0 Å². The van der Waals surface area contributed by atoms with E-state index in [4.69, 9.17) is 0 Å². The number of benzene rings is 1. The third-order valence-corrected chi connectivity index (χ3v) is 6.21. The number of carbonyl (C=O) groups excluding carboxylic acids is 1. The van der Waals surface area contributed by atoms with Crippen LogP contribution in [0.2, 0.25) is 0 Å². The summed E-state index contributed by atoms with van der Waals surface area (Å²) in [4.78, 5) is 25.7. The molecule has 0 saturated carbocycles. The Morgan fingerprint density at radius 1 is 1.14 bits per heavy atom. The minimum absolute atomic E-state index is 0.131. The molecule has 0 unspecified atom stereocenters. The van der Waals surface area contributed by atoms with Crippen LogP contribution in [0, 0.1) is 23.7 Å². The largest absolute Gasteiger partial charge is 0.336 e. The summed E-state index contributed by atoms with van der Waals surface area (Å²) < 4.78 is 0. The first kappa shape index (κ1) is 19.5. The second kappa shape index (κ2) is 8.30. The maximum atomic E-state index is 12.6. The summed E-state index contributed by atoms with van der Waals surface area (Å²) >= 11 is 0. The molecule has 6 heteroatoms. The third-order valence-electron chi connectivity index (χ3n) is 6.21. The van der Waals surface area contributed by atoms with Gasteiger partial charge < -0.3 is 4.90 Å². The third kappa shape index (κ3) is 4.46. The highest BCUT2D eigenvalue weighted by Gasteiger charge is 2.41. The molecule has 0 N–H and O–H groups in total. The highest BCUT2D eigenvalue weighted by atomic mass is 16.2. The summed E-state index contributed by atoms with van der Waals surface area (Å²) in [5, 5.41) is 9.39. The molecule has 2 aliphatic heterocycles. The number of hydrogen-bond donors (Lipinski definition) is 0. The average molecular weight is 390 g/mol. The number of nitrogens with zero attached hydrogens (tertiary/aromatic N) is 5.